The van der Waals surface area contributed by atoms with Crippen LogP contribution in [0.3, 0.4) is 0 Å². The van der Waals surface area contributed by atoms with Crippen LogP contribution in [0.2, 0.25) is 5.02 Å². The highest BCUT2D eigenvalue weighted by Gasteiger charge is 2.36. The Morgan fingerprint density at radius 3 is 2.11 bits per heavy atom. The monoisotopic (exact) mass is 417 g/mol. The van der Waals surface area contributed by atoms with Gasteiger partial charge in [0.25, 0.3) is 5.91 Å². The van der Waals surface area contributed by atoms with Gasteiger partial charge in [-0.2, -0.15) is 13.2 Å². The number of anilines is 1. The number of halogens is 4. The van der Waals surface area contributed by atoms with Crippen molar-refractivity contribution in [3.05, 3.63) is 64.7 Å². The van der Waals surface area contributed by atoms with Gasteiger partial charge < -0.3 is 4.90 Å². The van der Waals surface area contributed by atoms with Crippen LogP contribution in [0.5, 0.6) is 0 Å². The standard InChI is InChI=1S/C18H15ClF3NO3S/c19-14-5-1-12(2-6-14)17(24)23(16-9-10-27(25,26)11-16)15-7-3-13(4-8-15)18(20,21)22/h1-8,16H,9-11H2. The molecule has 1 heterocycles. The molecule has 2 aromatic rings. The Labute approximate surface area is 159 Å². The van der Waals surface area contributed by atoms with E-state index < -0.39 is 33.5 Å². The van der Waals surface area contributed by atoms with Crippen molar-refractivity contribution in [2.45, 2.75) is 18.6 Å². The molecule has 0 spiro atoms. The molecule has 9 heteroatoms. The minimum atomic E-state index is -4.50. The van der Waals surface area contributed by atoms with E-state index >= 15 is 0 Å². The Morgan fingerprint density at radius 2 is 1.63 bits per heavy atom. The van der Waals surface area contributed by atoms with E-state index in [0.717, 1.165) is 12.1 Å². The molecule has 4 nitrogen and oxygen atoms in total. The van der Waals surface area contributed by atoms with Crippen LogP contribution in [-0.4, -0.2) is 31.9 Å². The van der Waals surface area contributed by atoms with Gasteiger partial charge in [-0.25, -0.2) is 8.42 Å². The summed E-state index contributed by atoms with van der Waals surface area (Å²) in [6.07, 6.45) is -4.27. The number of carbonyl (C=O) groups excluding carboxylic acids is 1. The lowest BCUT2D eigenvalue weighted by atomic mass is 10.1. The number of hydrogen-bond acceptors (Lipinski definition) is 3. The van der Waals surface area contributed by atoms with Crippen molar-refractivity contribution in [2.75, 3.05) is 16.4 Å². The summed E-state index contributed by atoms with van der Waals surface area (Å²) in [7, 11) is -3.30. The predicted octanol–water partition coefficient (Wildman–Crippen LogP) is 4.19. The van der Waals surface area contributed by atoms with Crippen LogP contribution in [-0.2, 0) is 16.0 Å². The van der Waals surface area contributed by atoms with Crippen LogP contribution < -0.4 is 4.90 Å². The molecule has 27 heavy (non-hydrogen) atoms. The number of hydrogen-bond donors (Lipinski definition) is 0. The summed E-state index contributed by atoms with van der Waals surface area (Å²) in [6, 6.07) is 9.49. The first-order valence-electron chi connectivity index (χ1n) is 8.04. The number of rotatable bonds is 3. The number of sulfone groups is 1. The quantitative estimate of drug-likeness (QED) is 0.752. The maximum Gasteiger partial charge on any atom is 0.416 e. The molecule has 0 bridgehead atoms. The molecular weight excluding hydrogens is 403 g/mol. The SMILES string of the molecule is O=C(c1ccc(Cl)cc1)N(c1ccc(C(F)(F)F)cc1)C1CCS(=O)(=O)C1. The summed E-state index contributed by atoms with van der Waals surface area (Å²) in [5.74, 6) is -0.788. The molecule has 0 aromatic heterocycles. The molecule has 0 saturated carbocycles. The highest BCUT2D eigenvalue weighted by molar-refractivity contribution is 7.91. The summed E-state index contributed by atoms with van der Waals surface area (Å²) < 4.78 is 62.2. The molecule has 0 aliphatic carbocycles. The number of benzene rings is 2. The molecular formula is C18H15ClF3NO3S. The molecule has 1 atom stereocenters. The topological polar surface area (TPSA) is 54.5 Å². The van der Waals surface area contributed by atoms with Gasteiger partial charge in [0.15, 0.2) is 9.84 Å². The third-order valence-corrected chi connectivity index (χ3v) is 6.36. The van der Waals surface area contributed by atoms with Crippen molar-refractivity contribution in [1.82, 2.24) is 0 Å². The van der Waals surface area contributed by atoms with Gasteiger partial charge in [-0.05, 0) is 55.0 Å². The second-order valence-electron chi connectivity index (χ2n) is 6.28. The Morgan fingerprint density at radius 1 is 1.04 bits per heavy atom. The van der Waals surface area contributed by atoms with Crippen LogP contribution >= 0.6 is 11.6 Å². The molecule has 1 aliphatic heterocycles. The van der Waals surface area contributed by atoms with Crippen molar-refractivity contribution in [3.63, 3.8) is 0 Å². The molecule has 1 aliphatic rings. The first-order chi connectivity index (χ1) is 12.6. The summed E-state index contributed by atoms with van der Waals surface area (Å²) in [6.45, 7) is 0. The summed E-state index contributed by atoms with van der Waals surface area (Å²) >= 11 is 5.83. The average molecular weight is 418 g/mol. The van der Waals surface area contributed by atoms with Crippen molar-refractivity contribution in [3.8, 4) is 0 Å². The lowest BCUT2D eigenvalue weighted by molar-refractivity contribution is -0.137. The number of alkyl halides is 3. The minimum absolute atomic E-state index is 0.0668. The molecule has 144 valence electrons. The molecule has 0 N–H and O–H groups in total. The van der Waals surface area contributed by atoms with Crippen molar-refractivity contribution >= 4 is 33.0 Å². The van der Waals surface area contributed by atoms with E-state index in [1.807, 2.05) is 0 Å². The Kier molecular flexibility index (Phi) is 5.22. The van der Waals surface area contributed by atoms with Crippen LogP contribution in [0.1, 0.15) is 22.3 Å². The van der Waals surface area contributed by atoms with Crippen LogP contribution in [0, 0.1) is 0 Å². The molecule has 1 amide bonds. The zero-order valence-corrected chi connectivity index (χ0v) is 15.5. The Balaban J connectivity index is 2.00. The fourth-order valence-corrected chi connectivity index (χ4v) is 4.84. The molecule has 1 unspecified atom stereocenters. The van der Waals surface area contributed by atoms with E-state index in [4.69, 9.17) is 11.6 Å². The van der Waals surface area contributed by atoms with Gasteiger partial charge in [-0.1, -0.05) is 11.6 Å². The van der Waals surface area contributed by atoms with Crippen LogP contribution in [0.4, 0.5) is 18.9 Å². The van der Waals surface area contributed by atoms with E-state index in [1.54, 1.807) is 0 Å². The minimum Gasteiger partial charge on any atom is -0.304 e. The summed E-state index contributed by atoms with van der Waals surface area (Å²) in [5.41, 5.74) is -0.363. The molecule has 2 aromatic carbocycles. The molecule has 1 fully saturated rings. The smallest absolute Gasteiger partial charge is 0.304 e. The zero-order chi connectivity index (χ0) is 19.8. The summed E-state index contributed by atoms with van der Waals surface area (Å²) in [5, 5.41) is 0.427. The van der Waals surface area contributed by atoms with Gasteiger partial charge in [-0.15, -0.1) is 0 Å². The third kappa shape index (κ3) is 4.44. The van der Waals surface area contributed by atoms with Gasteiger partial charge in [0.2, 0.25) is 0 Å². The van der Waals surface area contributed by atoms with Gasteiger partial charge in [0.05, 0.1) is 23.1 Å². The normalized spacial score (nSPS) is 19.0. The fourth-order valence-electron chi connectivity index (χ4n) is 3.02. The van der Waals surface area contributed by atoms with Crippen molar-refractivity contribution in [2.24, 2.45) is 0 Å². The van der Waals surface area contributed by atoms with Crippen molar-refractivity contribution in [1.29, 1.82) is 0 Å². The van der Waals surface area contributed by atoms with Gasteiger partial charge >= 0.3 is 6.18 Å². The van der Waals surface area contributed by atoms with Gasteiger partial charge in [0, 0.05) is 16.3 Å². The average Bonchev–Trinajstić information content (AvgIpc) is 2.95. The van der Waals surface area contributed by atoms with E-state index in [1.165, 1.54) is 41.3 Å². The van der Waals surface area contributed by atoms with Gasteiger partial charge in [0.1, 0.15) is 0 Å². The third-order valence-electron chi connectivity index (χ3n) is 4.36. The van der Waals surface area contributed by atoms with E-state index in [9.17, 15) is 26.4 Å². The molecule has 1 saturated heterocycles. The number of nitrogens with zero attached hydrogens (tertiary/aromatic N) is 1. The van der Waals surface area contributed by atoms with E-state index in [-0.39, 0.29) is 29.2 Å². The lowest BCUT2D eigenvalue weighted by Gasteiger charge is -2.29. The number of carbonyl (C=O) groups is 1. The van der Waals surface area contributed by atoms with Crippen LogP contribution in [0.25, 0.3) is 0 Å². The maximum atomic E-state index is 13.0. The van der Waals surface area contributed by atoms with Crippen molar-refractivity contribution < 1.29 is 26.4 Å². The van der Waals surface area contributed by atoms with Crippen LogP contribution in [0.15, 0.2) is 48.5 Å². The molecule has 0 radical (unpaired) electrons. The fraction of sp³-hybridized carbons (Fsp3) is 0.278. The number of amides is 1. The maximum absolute atomic E-state index is 13.0. The first kappa shape index (κ1) is 19.7. The highest BCUT2D eigenvalue weighted by Crippen LogP contribution is 2.32. The second-order valence-corrected chi connectivity index (χ2v) is 8.95. The van der Waals surface area contributed by atoms with Gasteiger partial charge in [-0.3, -0.25) is 4.79 Å². The van der Waals surface area contributed by atoms with E-state index in [2.05, 4.69) is 0 Å². The first-order valence-corrected chi connectivity index (χ1v) is 10.2. The predicted molar refractivity (Wildman–Crippen MR) is 96.8 cm³/mol. The second kappa shape index (κ2) is 7.16. The summed E-state index contributed by atoms with van der Waals surface area (Å²) in [4.78, 5) is 14.3. The molecule has 3 rings (SSSR count). The zero-order valence-electron chi connectivity index (χ0n) is 13.9. The lowest BCUT2D eigenvalue weighted by Crippen LogP contribution is -2.41. The Bertz CT molecular complexity index is 941. The largest absolute Gasteiger partial charge is 0.416 e. The van der Waals surface area contributed by atoms with E-state index in [0.29, 0.717) is 5.02 Å². The highest BCUT2D eigenvalue weighted by atomic mass is 35.5. The Hall–Kier alpha value is -2.06.